The first-order valence-corrected chi connectivity index (χ1v) is 7.64. The van der Waals surface area contributed by atoms with E-state index in [1.807, 2.05) is 0 Å². The highest BCUT2D eigenvalue weighted by Gasteiger charge is 2.33. The molecule has 0 aromatic heterocycles. The Labute approximate surface area is 139 Å². The number of halogens is 3. The molecule has 0 heterocycles. The van der Waals surface area contributed by atoms with E-state index in [-0.39, 0.29) is 24.1 Å². The molecule has 0 bridgehead atoms. The van der Waals surface area contributed by atoms with E-state index in [1.165, 1.54) is 25.1 Å². The molecule has 0 spiro atoms. The highest BCUT2D eigenvalue weighted by atomic mass is 19.4. The van der Waals surface area contributed by atoms with Gasteiger partial charge in [-0.05, 0) is 32.0 Å². The predicted octanol–water partition coefficient (Wildman–Crippen LogP) is 2.54. The maximum absolute atomic E-state index is 12.9. The van der Waals surface area contributed by atoms with Gasteiger partial charge in [0.2, 0.25) is 11.8 Å². The minimum atomic E-state index is -4.52. The number of rotatable bonds is 8. The van der Waals surface area contributed by atoms with E-state index in [1.54, 1.807) is 6.92 Å². The molecule has 1 atom stereocenters. The van der Waals surface area contributed by atoms with Gasteiger partial charge < -0.3 is 16.0 Å². The quantitative estimate of drug-likeness (QED) is 0.634. The number of nitrogens with one attached hydrogen (secondary N) is 3. The van der Waals surface area contributed by atoms with Crippen molar-refractivity contribution in [3.05, 3.63) is 29.8 Å². The molecule has 8 heteroatoms. The summed E-state index contributed by atoms with van der Waals surface area (Å²) in [4.78, 5) is 22.6. The van der Waals surface area contributed by atoms with Crippen LogP contribution in [0.3, 0.4) is 0 Å². The third kappa shape index (κ3) is 7.45. The van der Waals surface area contributed by atoms with Gasteiger partial charge in [-0.3, -0.25) is 9.59 Å². The van der Waals surface area contributed by atoms with Crippen LogP contribution in [0.5, 0.6) is 0 Å². The van der Waals surface area contributed by atoms with E-state index in [4.69, 9.17) is 0 Å². The van der Waals surface area contributed by atoms with Gasteiger partial charge in [-0.15, -0.1) is 0 Å². The maximum Gasteiger partial charge on any atom is 0.418 e. The van der Waals surface area contributed by atoms with Crippen LogP contribution < -0.4 is 16.0 Å². The second-order valence-electron chi connectivity index (χ2n) is 5.49. The van der Waals surface area contributed by atoms with Crippen molar-refractivity contribution in [1.29, 1.82) is 0 Å². The van der Waals surface area contributed by atoms with Crippen LogP contribution in [-0.2, 0) is 15.8 Å². The fourth-order valence-electron chi connectivity index (χ4n) is 2.09. The Morgan fingerprint density at radius 1 is 1.17 bits per heavy atom. The van der Waals surface area contributed by atoms with E-state index in [2.05, 4.69) is 16.0 Å². The molecular weight excluding hydrogens is 323 g/mol. The molecule has 2 amide bonds. The Balaban J connectivity index is 2.42. The number of para-hydroxylation sites is 1. The number of hydrogen-bond donors (Lipinski definition) is 3. The van der Waals surface area contributed by atoms with E-state index in [0.29, 0.717) is 19.5 Å². The Morgan fingerprint density at radius 3 is 2.46 bits per heavy atom. The molecule has 0 saturated heterocycles. The normalized spacial score (nSPS) is 12.5. The van der Waals surface area contributed by atoms with Crippen LogP contribution in [0.1, 0.15) is 32.3 Å². The summed E-state index contributed by atoms with van der Waals surface area (Å²) in [7, 11) is 0. The van der Waals surface area contributed by atoms with Gasteiger partial charge in [0, 0.05) is 25.9 Å². The zero-order chi connectivity index (χ0) is 18.2. The zero-order valence-corrected chi connectivity index (χ0v) is 13.7. The summed E-state index contributed by atoms with van der Waals surface area (Å²) in [5.41, 5.74) is -1.11. The van der Waals surface area contributed by atoms with E-state index >= 15 is 0 Å². The monoisotopic (exact) mass is 345 g/mol. The van der Waals surface area contributed by atoms with Gasteiger partial charge in [0.05, 0.1) is 11.3 Å². The fraction of sp³-hybridized carbons (Fsp3) is 0.500. The van der Waals surface area contributed by atoms with Crippen molar-refractivity contribution in [2.24, 2.45) is 0 Å². The van der Waals surface area contributed by atoms with Crippen molar-refractivity contribution in [2.75, 3.05) is 18.4 Å². The molecule has 0 aliphatic carbocycles. The summed E-state index contributed by atoms with van der Waals surface area (Å²) in [6.45, 7) is 4.32. The van der Waals surface area contributed by atoms with E-state index < -0.39 is 17.6 Å². The number of alkyl halides is 3. The number of amides is 2. The molecule has 1 aromatic carbocycles. The van der Waals surface area contributed by atoms with Crippen LogP contribution in [-0.4, -0.2) is 30.9 Å². The van der Waals surface area contributed by atoms with Crippen molar-refractivity contribution in [3.8, 4) is 0 Å². The lowest BCUT2D eigenvalue weighted by molar-refractivity contribution is -0.137. The van der Waals surface area contributed by atoms with Gasteiger partial charge in [-0.1, -0.05) is 12.1 Å². The lowest BCUT2D eigenvalue weighted by Gasteiger charge is -2.16. The summed E-state index contributed by atoms with van der Waals surface area (Å²) >= 11 is 0. The summed E-state index contributed by atoms with van der Waals surface area (Å²) < 4.78 is 38.6. The molecule has 134 valence electrons. The highest BCUT2D eigenvalue weighted by molar-refractivity contribution is 5.92. The average molecular weight is 345 g/mol. The van der Waals surface area contributed by atoms with Crippen LogP contribution in [0.2, 0.25) is 0 Å². The average Bonchev–Trinajstić information content (AvgIpc) is 2.45. The first kappa shape index (κ1) is 20.0. The van der Waals surface area contributed by atoms with E-state index in [9.17, 15) is 22.8 Å². The minimum Gasteiger partial charge on any atom is -0.356 e. The van der Waals surface area contributed by atoms with E-state index in [0.717, 1.165) is 6.07 Å². The lowest BCUT2D eigenvalue weighted by Crippen LogP contribution is -2.33. The number of anilines is 1. The zero-order valence-electron chi connectivity index (χ0n) is 13.7. The van der Waals surface area contributed by atoms with Crippen molar-refractivity contribution in [3.63, 3.8) is 0 Å². The van der Waals surface area contributed by atoms with Crippen LogP contribution in [0.15, 0.2) is 24.3 Å². The molecule has 1 aromatic rings. The number of carbonyl (C=O) groups excluding carboxylic acids is 2. The standard InChI is InChI=1S/C16H22F3N3O2/c1-11(20-8-5-9-21-12(2)23)10-15(24)22-14-7-4-3-6-13(14)16(17,18)19/h3-4,6-7,11,20H,5,8-10H2,1-2H3,(H,21,23)(H,22,24). The van der Waals surface area contributed by atoms with Gasteiger partial charge >= 0.3 is 6.18 Å². The molecule has 0 fully saturated rings. The highest BCUT2D eigenvalue weighted by Crippen LogP contribution is 2.34. The molecule has 5 nitrogen and oxygen atoms in total. The Kier molecular flexibility index (Phi) is 7.70. The van der Waals surface area contributed by atoms with Crippen LogP contribution in [0, 0.1) is 0 Å². The third-order valence-electron chi connectivity index (χ3n) is 3.22. The summed E-state index contributed by atoms with van der Waals surface area (Å²) in [5.74, 6) is -0.598. The molecular formula is C16H22F3N3O2. The largest absolute Gasteiger partial charge is 0.418 e. The molecule has 24 heavy (non-hydrogen) atoms. The molecule has 0 aliphatic rings. The minimum absolute atomic E-state index is 0.0479. The van der Waals surface area contributed by atoms with Crippen molar-refractivity contribution in [1.82, 2.24) is 10.6 Å². The summed E-state index contributed by atoms with van der Waals surface area (Å²) in [5, 5.41) is 8.04. The van der Waals surface area contributed by atoms with Crippen LogP contribution in [0.4, 0.5) is 18.9 Å². The van der Waals surface area contributed by atoms with Gasteiger partial charge in [-0.25, -0.2) is 0 Å². The van der Waals surface area contributed by atoms with Crippen molar-refractivity contribution < 1.29 is 22.8 Å². The van der Waals surface area contributed by atoms with Crippen molar-refractivity contribution >= 4 is 17.5 Å². The second kappa shape index (κ2) is 9.27. The fourth-order valence-corrected chi connectivity index (χ4v) is 2.09. The lowest BCUT2D eigenvalue weighted by atomic mass is 10.1. The smallest absolute Gasteiger partial charge is 0.356 e. The number of benzene rings is 1. The van der Waals surface area contributed by atoms with Crippen LogP contribution >= 0.6 is 0 Å². The Hall–Kier alpha value is -2.09. The molecule has 0 radical (unpaired) electrons. The first-order chi connectivity index (χ1) is 11.2. The van der Waals surface area contributed by atoms with Gasteiger partial charge in [0.25, 0.3) is 0 Å². The molecule has 1 rings (SSSR count). The van der Waals surface area contributed by atoms with Gasteiger partial charge in [0.1, 0.15) is 0 Å². The van der Waals surface area contributed by atoms with Gasteiger partial charge in [0.15, 0.2) is 0 Å². The summed E-state index contributed by atoms with van der Waals surface area (Å²) in [6.07, 6.45) is -3.77. The topological polar surface area (TPSA) is 70.2 Å². The van der Waals surface area contributed by atoms with Gasteiger partial charge in [-0.2, -0.15) is 13.2 Å². The van der Waals surface area contributed by atoms with Crippen LogP contribution in [0.25, 0.3) is 0 Å². The Bertz CT molecular complexity index is 562. The maximum atomic E-state index is 12.9. The predicted molar refractivity (Wildman–Crippen MR) is 85.5 cm³/mol. The number of hydrogen-bond acceptors (Lipinski definition) is 3. The number of carbonyl (C=O) groups is 2. The molecule has 3 N–H and O–H groups in total. The molecule has 1 unspecified atom stereocenters. The molecule has 0 aliphatic heterocycles. The second-order valence-corrected chi connectivity index (χ2v) is 5.49. The SMILES string of the molecule is CC(=O)NCCCNC(C)CC(=O)Nc1ccccc1C(F)(F)F. The first-order valence-electron chi connectivity index (χ1n) is 7.64. The third-order valence-corrected chi connectivity index (χ3v) is 3.22. The van der Waals surface area contributed by atoms with Crippen molar-refractivity contribution in [2.45, 2.75) is 38.9 Å². The Morgan fingerprint density at radius 2 is 1.83 bits per heavy atom. The summed E-state index contributed by atoms with van der Waals surface area (Å²) in [6, 6.07) is 4.68. The molecule has 0 saturated carbocycles.